The molecule has 0 radical (unpaired) electrons. The first kappa shape index (κ1) is 17.9. The molecule has 4 heteroatoms. The van der Waals surface area contributed by atoms with Crippen LogP contribution in [0.5, 0.6) is 0 Å². The van der Waals surface area contributed by atoms with Crippen LogP contribution in [0, 0.1) is 13.8 Å². The molecule has 0 saturated carbocycles. The number of benzene rings is 2. The summed E-state index contributed by atoms with van der Waals surface area (Å²) in [6.07, 6.45) is 0. The van der Waals surface area contributed by atoms with Crippen molar-refractivity contribution in [2.45, 2.75) is 27.7 Å². The summed E-state index contributed by atoms with van der Waals surface area (Å²) in [6.45, 7) is 10.6. The van der Waals surface area contributed by atoms with Crippen LogP contribution < -0.4 is 15.5 Å². The summed E-state index contributed by atoms with van der Waals surface area (Å²) in [7, 11) is 0. The van der Waals surface area contributed by atoms with Gasteiger partial charge in [0.1, 0.15) is 0 Å². The second-order valence-corrected chi connectivity index (χ2v) is 6.00. The molecular weight excluding hydrogens is 298 g/mol. The number of aryl methyl sites for hydroxylation is 2. The Labute approximate surface area is 144 Å². The Morgan fingerprint density at radius 3 is 2.04 bits per heavy atom. The van der Waals surface area contributed by atoms with Gasteiger partial charge in [0.2, 0.25) is 5.91 Å². The molecular formula is C20H27N3O. The minimum atomic E-state index is -0.0483. The smallest absolute Gasteiger partial charge is 0.243 e. The molecule has 0 saturated heterocycles. The molecule has 0 aromatic heterocycles. The summed E-state index contributed by atoms with van der Waals surface area (Å²) in [5.74, 6) is -0.0483. The molecule has 2 aromatic rings. The monoisotopic (exact) mass is 325 g/mol. The van der Waals surface area contributed by atoms with E-state index in [0.717, 1.165) is 35.6 Å². The van der Waals surface area contributed by atoms with Crippen molar-refractivity contribution in [3.05, 3.63) is 53.6 Å². The standard InChI is InChI=1S/C20H27N3O/c1-5-23(6-2)19-9-7-17(8-10-19)21-14-20(24)22-18-12-15(3)11-16(4)13-18/h7-13,21H,5-6,14H2,1-4H3,(H,22,24). The van der Waals surface area contributed by atoms with Crippen LogP contribution in [0.15, 0.2) is 42.5 Å². The number of carbonyl (C=O) groups excluding carboxylic acids is 1. The molecule has 0 fully saturated rings. The molecule has 1 amide bonds. The van der Waals surface area contributed by atoms with E-state index in [4.69, 9.17) is 0 Å². The maximum Gasteiger partial charge on any atom is 0.243 e. The minimum absolute atomic E-state index is 0.0483. The highest BCUT2D eigenvalue weighted by Gasteiger charge is 2.05. The average molecular weight is 325 g/mol. The van der Waals surface area contributed by atoms with Gasteiger partial charge in [0.05, 0.1) is 6.54 Å². The van der Waals surface area contributed by atoms with Crippen LogP contribution >= 0.6 is 0 Å². The van der Waals surface area contributed by atoms with Gasteiger partial charge in [-0.05, 0) is 75.2 Å². The van der Waals surface area contributed by atoms with Crippen molar-refractivity contribution in [3.63, 3.8) is 0 Å². The van der Waals surface area contributed by atoms with Crippen LogP contribution in [0.4, 0.5) is 17.1 Å². The SMILES string of the molecule is CCN(CC)c1ccc(NCC(=O)Nc2cc(C)cc(C)c2)cc1. The second-order valence-electron chi connectivity index (χ2n) is 6.00. The third-order valence-electron chi connectivity index (χ3n) is 3.95. The number of nitrogens with zero attached hydrogens (tertiary/aromatic N) is 1. The van der Waals surface area contributed by atoms with Crippen molar-refractivity contribution in [2.24, 2.45) is 0 Å². The minimum Gasteiger partial charge on any atom is -0.376 e. The molecule has 4 nitrogen and oxygen atoms in total. The zero-order chi connectivity index (χ0) is 17.5. The fourth-order valence-corrected chi connectivity index (χ4v) is 2.81. The van der Waals surface area contributed by atoms with Gasteiger partial charge >= 0.3 is 0 Å². The third-order valence-corrected chi connectivity index (χ3v) is 3.95. The lowest BCUT2D eigenvalue weighted by atomic mass is 10.1. The van der Waals surface area contributed by atoms with Crippen LogP contribution in [0.3, 0.4) is 0 Å². The summed E-state index contributed by atoms with van der Waals surface area (Å²) in [5, 5.41) is 6.10. The van der Waals surface area contributed by atoms with Gasteiger partial charge in [-0.1, -0.05) is 6.07 Å². The zero-order valence-corrected chi connectivity index (χ0v) is 15.0. The summed E-state index contributed by atoms with van der Waals surface area (Å²) in [4.78, 5) is 14.4. The number of nitrogens with one attached hydrogen (secondary N) is 2. The van der Waals surface area contributed by atoms with Crippen LogP contribution in [0.25, 0.3) is 0 Å². The van der Waals surface area contributed by atoms with E-state index < -0.39 is 0 Å². The van der Waals surface area contributed by atoms with Crippen LogP contribution in [-0.4, -0.2) is 25.5 Å². The van der Waals surface area contributed by atoms with Crippen molar-refractivity contribution < 1.29 is 4.79 Å². The van der Waals surface area contributed by atoms with E-state index in [1.807, 2.05) is 38.1 Å². The highest BCUT2D eigenvalue weighted by atomic mass is 16.1. The number of rotatable bonds is 7. The van der Waals surface area contributed by atoms with Gasteiger partial charge in [-0.2, -0.15) is 0 Å². The van der Waals surface area contributed by atoms with Crippen LogP contribution in [0.1, 0.15) is 25.0 Å². The maximum absolute atomic E-state index is 12.1. The van der Waals surface area contributed by atoms with E-state index in [0.29, 0.717) is 0 Å². The van der Waals surface area contributed by atoms with E-state index in [1.54, 1.807) is 0 Å². The Balaban J connectivity index is 1.89. The largest absolute Gasteiger partial charge is 0.376 e. The summed E-state index contributed by atoms with van der Waals surface area (Å²) >= 11 is 0. The van der Waals surface area contributed by atoms with Crippen molar-refractivity contribution in [1.82, 2.24) is 0 Å². The van der Waals surface area contributed by atoms with E-state index in [9.17, 15) is 4.79 Å². The van der Waals surface area contributed by atoms with Crippen LogP contribution in [0.2, 0.25) is 0 Å². The maximum atomic E-state index is 12.1. The normalized spacial score (nSPS) is 10.3. The fourth-order valence-electron chi connectivity index (χ4n) is 2.81. The molecule has 0 aliphatic rings. The lowest BCUT2D eigenvalue weighted by molar-refractivity contribution is -0.114. The van der Waals surface area contributed by atoms with E-state index in [-0.39, 0.29) is 12.5 Å². The molecule has 0 aliphatic carbocycles. The quantitative estimate of drug-likeness (QED) is 0.802. The molecule has 0 bridgehead atoms. The summed E-state index contributed by atoms with van der Waals surface area (Å²) < 4.78 is 0. The molecule has 0 heterocycles. The first-order valence-electron chi connectivity index (χ1n) is 8.48. The lowest BCUT2D eigenvalue weighted by Gasteiger charge is -2.21. The molecule has 2 N–H and O–H groups in total. The fraction of sp³-hybridized carbons (Fsp3) is 0.350. The molecule has 128 valence electrons. The first-order valence-corrected chi connectivity index (χ1v) is 8.48. The van der Waals surface area contributed by atoms with E-state index >= 15 is 0 Å². The Morgan fingerprint density at radius 1 is 0.917 bits per heavy atom. The topological polar surface area (TPSA) is 44.4 Å². The second kappa shape index (κ2) is 8.39. The number of anilines is 3. The third kappa shape index (κ3) is 5.01. The van der Waals surface area contributed by atoms with Gasteiger partial charge < -0.3 is 15.5 Å². The predicted molar refractivity (Wildman–Crippen MR) is 103 cm³/mol. The number of carbonyl (C=O) groups is 1. The van der Waals surface area contributed by atoms with Crippen molar-refractivity contribution >= 4 is 23.0 Å². The molecule has 2 aromatic carbocycles. The lowest BCUT2D eigenvalue weighted by Crippen LogP contribution is -2.22. The van der Waals surface area contributed by atoms with Crippen molar-refractivity contribution in [2.75, 3.05) is 35.2 Å². The van der Waals surface area contributed by atoms with E-state index in [2.05, 4.69) is 47.6 Å². The van der Waals surface area contributed by atoms with Gasteiger partial charge in [-0.3, -0.25) is 4.79 Å². The zero-order valence-electron chi connectivity index (χ0n) is 15.0. The molecule has 24 heavy (non-hydrogen) atoms. The number of hydrogen-bond donors (Lipinski definition) is 2. The Bertz CT molecular complexity index is 656. The van der Waals surface area contributed by atoms with Gasteiger partial charge in [-0.25, -0.2) is 0 Å². The Hall–Kier alpha value is -2.49. The summed E-state index contributed by atoms with van der Waals surface area (Å²) in [6, 6.07) is 14.2. The Morgan fingerprint density at radius 2 is 1.50 bits per heavy atom. The predicted octanol–water partition coefficient (Wildman–Crippen LogP) is 4.20. The van der Waals surface area contributed by atoms with Crippen molar-refractivity contribution in [3.8, 4) is 0 Å². The average Bonchev–Trinajstić information content (AvgIpc) is 2.54. The van der Waals surface area contributed by atoms with Crippen LogP contribution in [-0.2, 0) is 4.79 Å². The number of amides is 1. The highest BCUT2D eigenvalue weighted by Crippen LogP contribution is 2.18. The molecule has 0 aliphatic heterocycles. The Kier molecular flexibility index (Phi) is 6.24. The van der Waals surface area contributed by atoms with Gasteiger partial charge in [0.15, 0.2) is 0 Å². The number of hydrogen-bond acceptors (Lipinski definition) is 3. The molecule has 0 spiro atoms. The van der Waals surface area contributed by atoms with E-state index in [1.165, 1.54) is 5.69 Å². The first-order chi connectivity index (χ1) is 11.5. The molecule has 2 rings (SSSR count). The summed E-state index contributed by atoms with van der Waals surface area (Å²) in [5.41, 5.74) is 5.28. The van der Waals surface area contributed by atoms with Crippen molar-refractivity contribution in [1.29, 1.82) is 0 Å². The van der Waals surface area contributed by atoms with Gasteiger partial charge in [0, 0.05) is 30.2 Å². The molecule has 0 atom stereocenters. The molecule has 0 unspecified atom stereocenters. The van der Waals surface area contributed by atoms with Gasteiger partial charge in [0.25, 0.3) is 0 Å². The highest BCUT2D eigenvalue weighted by molar-refractivity contribution is 5.93. The van der Waals surface area contributed by atoms with Gasteiger partial charge in [-0.15, -0.1) is 0 Å².